The van der Waals surface area contributed by atoms with Crippen LogP contribution in [0.4, 0.5) is 5.69 Å². The second kappa shape index (κ2) is 6.66. The van der Waals surface area contributed by atoms with Crippen LogP contribution in [0.3, 0.4) is 0 Å². The van der Waals surface area contributed by atoms with Gasteiger partial charge in [0.2, 0.25) is 0 Å². The Morgan fingerprint density at radius 1 is 1.40 bits per heavy atom. The van der Waals surface area contributed by atoms with Crippen molar-refractivity contribution in [2.24, 2.45) is 0 Å². The van der Waals surface area contributed by atoms with Crippen LogP contribution in [-0.4, -0.2) is 18.7 Å². The standard InChI is InChI=1S/C17H20N2O/c1-3-15(18-2)13-16(20)8-6-11-19-12-10-14-7-4-5-9-17(14)19/h3-9,11,13,18,20H,1,10,12H2,2H3/b11-6+,15-13-,16-8-. The van der Waals surface area contributed by atoms with Crippen LogP contribution in [0.15, 0.2) is 72.8 Å². The molecule has 1 aliphatic rings. The molecule has 0 aromatic heterocycles. The zero-order chi connectivity index (χ0) is 14.4. The maximum atomic E-state index is 9.78. The van der Waals surface area contributed by atoms with E-state index in [0.29, 0.717) is 0 Å². The molecule has 2 rings (SSSR count). The highest BCUT2D eigenvalue weighted by molar-refractivity contribution is 5.60. The van der Waals surface area contributed by atoms with E-state index in [1.165, 1.54) is 11.3 Å². The van der Waals surface area contributed by atoms with Crippen molar-refractivity contribution in [3.05, 3.63) is 78.4 Å². The third kappa shape index (κ3) is 3.32. The van der Waals surface area contributed by atoms with E-state index in [4.69, 9.17) is 0 Å². The third-order valence-corrected chi connectivity index (χ3v) is 3.27. The topological polar surface area (TPSA) is 35.5 Å². The molecule has 104 valence electrons. The molecule has 0 saturated carbocycles. The highest BCUT2D eigenvalue weighted by Crippen LogP contribution is 2.27. The molecule has 0 radical (unpaired) electrons. The number of nitrogens with zero attached hydrogens (tertiary/aromatic N) is 1. The number of hydrogen-bond donors (Lipinski definition) is 2. The fourth-order valence-corrected chi connectivity index (χ4v) is 2.20. The monoisotopic (exact) mass is 268 g/mol. The van der Waals surface area contributed by atoms with Crippen molar-refractivity contribution < 1.29 is 5.11 Å². The number of anilines is 1. The second-order valence-corrected chi connectivity index (χ2v) is 4.56. The van der Waals surface area contributed by atoms with Crippen molar-refractivity contribution in [1.82, 2.24) is 5.32 Å². The first-order valence-electron chi connectivity index (χ1n) is 6.68. The van der Waals surface area contributed by atoms with Gasteiger partial charge >= 0.3 is 0 Å². The molecule has 3 nitrogen and oxygen atoms in total. The molecule has 1 aromatic rings. The third-order valence-electron chi connectivity index (χ3n) is 3.27. The summed E-state index contributed by atoms with van der Waals surface area (Å²) in [5, 5.41) is 12.7. The van der Waals surface area contributed by atoms with Gasteiger partial charge in [0.1, 0.15) is 5.76 Å². The zero-order valence-electron chi connectivity index (χ0n) is 11.7. The summed E-state index contributed by atoms with van der Waals surface area (Å²) in [6.45, 7) is 4.64. The summed E-state index contributed by atoms with van der Waals surface area (Å²) < 4.78 is 0. The van der Waals surface area contributed by atoms with E-state index in [1.807, 2.05) is 18.3 Å². The fraction of sp³-hybridized carbons (Fsp3) is 0.176. The van der Waals surface area contributed by atoms with Crippen molar-refractivity contribution >= 4 is 5.69 Å². The van der Waals surface area contributed by atoms with Gasteiger partial charge < -0.3 is 15.3 Å². The Labute approximate surface area is 120 Å². The number of rotatable bonds is 5. The molecule has 0 aliphatic carbocycles. The molecule has 0 fully saturated rings. The van der Waals surface area contributed by atoms with Crippen molar-refractivity contribution in [3.63, 3.8) is 0 Å². The van der Waals surface area contributed by atoms with Crippen LogP contribution in [0, 0.1) is 0 Å². The Kier molecular flexibility index (Phi) is 4.66. The smallest absolute Gasteiger partial charge is 0.117 e. The number of fused-ring (bicyclic) bond motifs is 1. The van der Waals surface area contributed by atoms with Gasteiger partial charge in [-0.3, -0.25) is 0 Å². The van der Waals surface area contributed by atoms with Gasteiger partial charge in [0, 0.05) is 37.3 Å². The zero-order valence-corrected chi connectivity index (χ0v) is 11.7. The van der Waals surface area contributed by atoms with E-state index in [2.05, 4.69) is 35.0 Å². The predicted molar refractivity (Wildman–Crippen MR) is 84.7 cm³/mol. The van der Waals surface area contributed by atoms with Gasteiger partial charge in [-0.1, -0.05) is 24.8 Å². The molecule has 2 N–H and O–H groups in total. The van der Waals surface area contributed by atoms with Crippen molar-refractivity contribution in [1.29, 1.82) is 0 Å². The largest absolute Gasteiger partial charge is 0.508 e. The minimum atomic E-state index is 0.193. The molecular formula is C17H20N2O. The summed E-state index contributed by atoms with van der Waals surface area (Å²) in [6, 6.07) is 8.39. The summed E-state index contributed by atoms with van der Waals surface area (Å²) >= 11 is 0. The molecule has 0 amide bonds. The lowest BCUT2D eigenvalue weighted by molar-refractivity contribution is 0.431. The van der Waals surface area contributed by atoms with E-state index >= 15 is 0 Å². The maximum Gasteiger partial charge on any atom is 0.117 e. The minimum Gasteiger partial charge on any atom is -0.508 e. The quantitative estimate of drug-likeness (QED) is 0.635. The molecule has 3 heteroatoms. The van der Waals surface area contributed by atoms with Crippen LogP contribution >= 0.6 is 0 Å². The number of benzene rings is 1. The molecule has 0 bridgehead atoms. The average Bonchev–Trinajstić information content (AvgIpc) is 2.88. The van der Waals surface area contributed by atoms with Crippen molar-refractivity contribution in [3.8, 4) is 0 Å². The number of hydrogen-bond acceptors (Lipinski definition) is 3. The first-order valence-corrected chi connectivity index (χ1v) is 6.68. The van der Waals surface area contributed by atoms with Gasteiger partial charge in [-0.25, -0.2) is 0 Å². The molecule has 0 unspecified atom stereocenters. The molecule has 1 aliphatic heterocycles. The fourth-order valence-electron chi connectivity index (χ4n) is 2.20. The average molecular weight is 268 g/mol. The molecule has 0 atom stereocenters. The SMILES string of the molecule is C=C/C(=C/C(O)=C/C=C/N1CCc2ccccc21)NC. The van der Waals surface area contributed by atoms with Gasteiger partial charge in [0.25, 0.3) is 0 Å². The van der Waals surface area contributed by atoms with E-state index < -0.39 is 0 Å². The van der Waals surface area contributed by atoms with Gasteiger partial charge in [-0.15, -0.1) is 0 Å². The normalized spacial score (nSPS) is 15.6. The van der Waals surface area contributed by atoms with E-state index in [1.54, 1.807) is 25.3 Å². The second-order valence-electron chi connectivity index (χ2n) is 4.56. The summed E-state index contributed by atoms with van der Waals surface area (Å²) in [6.07, 6.45) is 9.87. The van der Waals surface area contributed by atoms with Gasteiger partial charge in [-0.2, -0.15) is 0 Å². The number of nitrogens with one attached hydrogen (secondary N) is 1. The lowest BCUT2D eigenvalue weighted by Gasteiger charge is -2.12. The molecule has 0 saturated heterocycles. The van der Waals surface area contributed by atoms with Crippen LogP contribution in [-0.2, 0) is 6.42 Å². The Morgan fingerprint density at radius 3 is 2.95 bits per heavy atom. The summed E-state index contributed by atoms with van der Waals surface area (Å²) in [7, 11) is 1.79. The molecule has 1 aromatic carbocycles. The molecule has 1 heterocycles. The van der Waals surface area contributed by atoms with Crippen LogP contribution in [0.2, 0.25) is 0 Å². The van der Waals surface area contributed by atoms with Crippen LogP contribution < -0.4 is 10.2 Å². The Hall–Kier alpha value is -2.42. The van der Waals surface area contributed by atoms with Crippen LogP contribution in [0.25, 0.3) is 0 Å². The van der Waals surface area contributed by atoms with Crippen molar-refractivity contribution in [2.75, 3.05) is 18.5 Å². The number of aliphatic hydroxyl groups is 1. The van der Waals surface area contributed by atoms with Crippen molar-refractivity contribution in [2.45, 2.75) is 6.42 Å². The van der Waals surface area contributed by atoms with Gasteiger partial charge in [0.05, 0.1) is 0 Å². The van der Waals surface area contributed by atoms with Crippen LogP contribution in [0.5, 0.6) is 0 Å². The molecule has 20 heavy (non-hydrogen) atoms. The van der Waals surface area contributed by atoms with Gasteiger partial charge in [0.15, 0.2) is 0 Å². The van der Waals surface area contributed by atoms with E-state index in [-0.39, 0.29) is 5.76 Å². The Morgan fingerprint density at radius 2 is 2.20 bits per heavy atom. The lowest BCUT2D eigenvalue weighted by atomic mass is 10.2. The number of aliphatic hydroxyl groups excluding tert-OH is 1. The minimum absolute atomic E-state index is 0.193. The van der Waals surface area contributed by atoms with E-state index in [0.717, 1.165) is 18.7 Å². The highest BCUT2D eigenvalue weighted by Gasteiger charge is 2.15. The van der Waals surface area contributed by atoms with E-state index in [9.17, 15) is 5.11 Å². The predicted octanol–water partition coefficient (Wildman–Crippen LogP) is 3.29. The molecule has 0 spiro atoms. The van der Waals surface area contributed by atoms with Gasteiger partial charge in [-0.05, 0) is 36.3 Å². The maximum absolute atomic E-state index is 9.78. The summed E-state index contributed by atoms with van der Waals surface area (Å²) in [5.41, 5.74) is 3.39. The highest BCUT2D eigenvalue weighted by atomic mass is 16.3. The number of allylic oxidation sites excluding steroid dienone is 4. The first kappa shape index (κ1) is 14.0. The summed E-state index contributed by atoms with van der Waals surface area (Å²) in [4.78, 5) is 2.19. The Balaban J connectivity index is 2.04. The number of likely N-dealkylation sites (N-methyl/N-ethyl adjacent to an activating group) is 1. The molecular weight excluding hydrogens is 248 g/mol. The lowest BCUT2D eigenvalue weighted by Crippen LogP contribution is -2.11. The van der Waals surface area contributed by atoms with Crippen LogP contribution in [0.1, 0.15) is 5.56 Å². The number of para-hydroxylation sites is 1. The first-order chi connectivity index (χ1) is 9.74. The summed E-state index contributed by atoms with van der Waals surface area (Å²) in [5.74, 6) is 0.193. The Bertz CT molecular complexity index is 570.